The van der Waals surface area contributed by atoms with E-state index in [-0.39, 0.29) is 24.0 Å². The van der Waals surface area contributed by atoms with Gasteiger partial charge in [0.25, 0.3) is 0 Å². The lowest BCUT2D eigenvalue weighted by Gasteiger charge is -2.13. The molecule has 0 aliphatic carbocycles. The summed E-state index contributed by atoms with van der Waals surface area (Å²) in [5.74, 6) is 1.67. The molecule has 0 aliphatic heterocycles. The molecule has 0 aliphatic rings. The molecular formula is C17H24IN3OS. The van der Waals surface area contributed by atoms with E-state index in [0.29, 0.717) is 6.54 Å². The van der Waals surface area contributed by atoms with Gasteiger partial charge in [-0.25, -0.2) is 0 Å². The van der Waals surface area contributed by atoms with Gasteiger partial charge >= 0.3 is 0 Å². The molecule has 0 saturated heterocycles. The van der Waals surface area contributed by atoms with Gasteiger partial charge in [-0.05, 0) is 24.6 Å². The van der Waals surface area contributed by atoms with Crippen molar-refractivity contribution < 1.29 is 4.74 Å². The van der Waals surface area contributed by atoms with E-state index >= 15 is 0 Å². The van der Waals surface area contributed by atoms with Crippen LogP contribution in [-0.4, -0.2) is 20.1 Å². The van der Waals surface area contributed by atoms with Crippen LogP contribution in [0.4, 0.5) is 0 Å². The van der Waals surface area contributed by atoms with Crippen molar-refractivity contribution in [3.8, 4) is 5.75 Å². The van der Waals surface area contributed by atoms with Crippen molar-refractivity contribution in [1.29, 1.82) is 0 Å². The normalized spacial score (nSPS) is 10.8. The highest BCUT2D eigenvalue weighted by Gasteiger charge is 2.04. The zero-order valence-electron chi connectivity index (χ0n) is 13.8. The fourth-order valence-electron chi connectivity index (χ4n) is 2.13. The van der Waals surface area contributed by atoms with Crippen LogP contribution in [0.15, 0.2) is 41.4 Å². The number of aryl methyl sites for hydroxylation is 1. The Morgan fingerprint density at radius 2 is 1.78 bits per heavy atom. The Kier molecular flexibility index (Phi) is 9.01. The summed E-state index contributed by atoms with van der Waals surface area (Å²) < 4.78 is 5.36. The number of aliphatic imine (C=N–C) groups is 1. The maximum Gasteiger partial charge on any atom is 0.191 e. The van der Waals surface area contributed by atoms with Crippen LogP contribution >= 0.6 is 35.3 Å². The second-order valence-electron chi connectivity index (χ2n) is 4.81. The molecule has 1 aromatic carbocycles. The highest BCUT2D eigenvalue weighted by molar-refractivity contribution is 14.0. The lowest BCUT2D eigenvalue weighted by molar-refractivity contribution is 0.409. The minimum Gasteiger partial charge on any atom is -0.496 e. The molecule has 2 aromatic rings. The fourth-order valence-corrected chi connectivity index (χ4v) is 3.02. The Bertz CT molecular complexity index is 628. The summed E-state index contributed by atoms with van der Waals surface area (Å²) in [5, 5.41) is 6.65. The average Bonchev–Trinajstić information content (AvgIpc) is 3.03. The highest BCUT2D eigenvalue weighted by Crippen LogP contribution is 2.17. The Morgan fingerprint density at radius 1 is 1.09 bits per heavy atom. The number of nitrogens with zero attached hydrogens (tertiary/aromatic N) is 1. The zero-order chi connectivity index (χ0) is 15.8. The topological polar surface area (TPSA) is 45.7 Å². The van der Waals surface area contributed by atoms with Crippen LogP contribution < -0.4 is 15.4 Å². The predicted molar refractivity (Wildman–Crippen MR) is 109 cm³/mol. The first-order chi connectivity index (χ1) is 10.8. The minimum atomic E-state index is 0. The van der Waals surface area contributed by atoms with Crippen molar-refractivity contribution in [2.24, 2.45) is 4.99 Å². The lowest BCUT2D eigenvalue weighted by atomic mass is 10.2. The molecule has 4 nitrogen and oxygen atoms in total. The molecule has 0 spiro atoms. The Labute approximate surface area is 159 Å². The maximum absolute atomic E-state index is 5.36. The second-order valence-corrected chi connectivity index (χ2v) is 6.07. The molecule has 0 bridgehead atoms. The van der Waals surface area contributed by atoms with Crippen molar-refractivity contribution in [1.82, 2.24) is 10.6 Å². The number of para-hydroxylation sites is 1. The van der Waals surface area contributed by atoms with Gasteiger partial charge in [0.2, 0.25) is 0 Å². The molecule has 1 aromatic heterocycles. The smallest absolute Gasteiger partial charge is 0.191 e. The SMILES string of the molecule is CCc1ccc(CNC(=NC)NCc2ccccc2OC)s1.I. The first kappa shape index (κ1) is 19.8. The number of halogens is 1. The van der Waals surface area contributed by atoms with Gasteiger partial charge in [-0.3, -0.25) is 4.99 Å². The number of thiophene rings is 1. The van der Waals surface area contributed by atoms with Crippen LogP contribution in [0, 0.1) is 0 Å². The molecule has 0 unspecified atom stereocenters. The second kappa shape index (κ2) is 10.5. The van der Waals surface area contributed by atoms with E-state index in [1.165, 1.54) is 9.75 Å². The van der Waals surface area contributed by atoms with E-state index in [4.69, 9.17) is 4.74 Å². The van der Waals surface area contributed by atoms with Gasteiger partial charge in [-0.2, -0.15) is 0 Å². The molecule has 0 saturated carbocycles. The number of benzene rings is 1. The van der Waals surface area contributed by atoms with Gasteiger partial charge < -0.3 is 15.4 Å². The summed E-state index contributed by atoms with van der Waals surface area (Å²) in [4.78, 5) is 6.99. The van der Waals surface area contributed by atoms with Crippen molar-refractivity contribution in [3.05, 3.63) is 51.7 Å². The van der Waals surface area contributed by atoms with Gasteiger partial charge in [0.15, 0.2) is 5.96 Å². The molecule has 23 heavy (non-hydrogen) atoms. The van der Waals surface area contributed by atoms with Crippen LogP contribution in [-0.2, 0) is 19.5 Å². The third-order valence-electron chi connectivity index (χ3n) is 3.36. The summed E-state index contributed by atoms with van der Waals surface area (Å²) in [6, 6.07) is 12.3. The average molecular weight is 445 g/mol. The number of rotatable bonds is 6. The summed E-state index contributed by atoms with van der Waals surface area (Å²) >= 11 is 1.84. The van der Waals surface area contributed by atoms with E-state index in [0.717, 1.165) is 30.2 Å². The molecular weight excluding hydrogens is 421 g/mol. The van der Waals surface area contributed by atoms with Gasteiger partial charge in [-0.1, -0.05) is 25.1 Å². The Hall–Kier alpha value is -1.28. The van der Waals surface area contributed by atoms with E-state index in [1.54, 1.807) is 14.2 Å². The van der Waals surface area contributed by atoms with Crippen LogP contribution in [0.5, 0.6) is 5.75 Å². The lowest BCUT2D eigenvalue weighted by Crippen LogP contribution is -2.36. The molecule has 126 valence electrons. The Balaban J connectivity index is 0.00000264. The first-order valence-corrected chi connectivity index (χ1v) is 8.22. The van der Waals surface area contributed by atoms with Crippen LogP contribution in [0.2, 0.25) is 0 Å². The van der Waals surface area contributed by atoms with Crippen LogP contribution in [0.1, 0.15) is 22.2 Å². The molecule has 6 heteroatoms. The molecule has 2 N–H and O–H groups in total. The van der Waals surface area contributed by atoms with E-state index in [9.17, 15) is 0 Å². The third kappa shape index (κ3) is 6.02. The largest absolute Gasteiger partial charge is 0.496 e. The van der Waals surface area contributed by atoms with Crippen LogP contribution in [0.3, 0.4) is 0 Å². The summed E-state index contributed by atoms with van der Waals surface area (Å²) in [6.45, 7) is 3.64. The summed E-state index contributed by atoms with van der Waals surface area (Å²) in [6.07, 6.45) is 1.09. The summed E-state index contributed by atoms with van der Waals surface area (Å²) in [7, 11) is 3.47. The molecule has 0 radical (unpaired) electrons. The fraction of sp³-hybridized carbons (Fsp3) is 0.353. The number of methoxy groups -OCH3 is 1. The van der Waals surface area contributed by atoms with Crippen molar-refractivity contribution in [3.63, 3.8) is 0 Å². The number of nitrogens with one attached hydrogen (secondary N) is 2. The quantitative estimate of drug-likeness (QED) is 0.404. The van der Waals surface area contributed by atoms with Gasteiger partial charge in [-0.15, -0.1) is 35.3 Å². The van der Waals surface area contributed by atoms with E-state index in [2.05, 4.69) is 34.7 Å². The standard InChI is InChI=1S/C17H23N3OS.HI/c1-4-14-9-10-15(22-14)12-20-17(18-2)19-11-13-7-5-6-8-16(13)21-3;/h5-10H,4,11-12H2,1-3H3,(H2,18,19,20);1H. The number of hydrogen-bond donors (Lipinski definition) is 2. The monoisotopic (exact) mass is 445 g/mol. The molecule has 1 heterocycles. The number of guanidine groups is 1. The van der Waals surface area contributed by atoms with Crippen molar-refractivity contribution >= 4 is 41.3 Å². The number of hydrogen-bond acceptors (Lipinski definition) is 3. The van der Waals surface area contributed by atoms with E-state index < -0.39 is 0 Å². The molecule has 0 fully saturated rings. The number of ether oxygens (including phenoxy) is 1. The minimum absolute atomic E-state index is 0. The molecule has 2 rings (SSSR count). The molecule has 0 atom stereocenters. The van der Waals surface area contributed by atoms with Gasteiger partial charge in [0, 0.05) is 28.9 Å². The van der Waals surface area contributed by atoms with Crippen molar-refractivity contribution in [2.75, 3.05) is 14.2 Å². The first-order valence-electron chi connectivity index (χ1n) is 7.40. The van der Waals surface area contributed by atoms with E-state index in [1.807, 2.05) is 35.6 Å². The summed E-state index contributed by atoms with van der Waals surface area (Å²) in [5.41, 5.74) is 1.11. The van der Waals surface area contributed by atoms with Crippen LogP contribution in [0.25, 0.3) is 0 Å². The molecule has 0 amide bonds. The zero-order valence-corrected chi connectivity index (χ0v) is 16.9. The van der Waals surface area contributed by atoms with Crippen molar-refractivity contribution in [2.45, 2.75) is 26.4 Å². The highest BCUT2D eigenvalue weighted by atomic mass is 127. The Morgan fingerprint density at radius 3 is 2.43 bits per heavy atom. The van der Waals surface area contributed by atoms with Gasteiger partial charge in [0.05, 0.1) is 13.7 Å². The predicted octanol–water partition coefficient (Wildman–Crippen LogP) is 3.80. The maximum atomic E-state index is 5.36. The van der Waals surface area contributed by atoms with Gasteiger partial charge in [0.1, 0.15) is 5.75 Å². The third-order valence-corrected chi connectivity index (χ3v) is 4.59.